The topological polar surface area (TPSA) is 519 Å². The van der Waals surface area contributed by atoms with E-state index in [4.69, 9.17) is 49.6 Å². The lowest BCUT2D eigenvalue weighted by molar-refractivity contribution is -0.147. The van der Waals surface area contributed by atoms with Crippen molar-refractivity contribution in [2.24, 2.45) is 46.7 Å². The maximum Gasteiger partial charge on any atom is 0.407 e. The lowest BCUT2D eigenvalue weighted by atomic mass is 9.84. The Morgan fingerprint density at radius 3 is 1.91 bits per heavy atom. The van der Waals surface area contributed by atoms with Crippen molar-refractivity contribution in [1.82, 2.24) is 62.6 Å². The highest BCUT2D eigenvalue weighted by molar-refractivity contribution is 7.09. The number of nitrogens with two attached hydrogens (primary N) is 2. The Morgan fingerprint density at radius 1 is 0.662 bits per heavy atom. The predicted molar refractivity (Wildman–Crippen MR) is 483 cm³/mol. The SMILES string of the molecule is CCCCCCN(C(=O)[C@@H](NC(=O)[C@H]1CCCCN1C)[C@@H](C)CC)[C@H](C[C@@H](OC(=O)NCCNC(=O)OCc1ccc(NC(=O)[C@H](CCCNC(N)=O)NC(=O)[C@@H](NC(=O)[C@H](CCC(=O)O)NC(=O)CCOCCOCCOCCOCCNC(=O)OC[C@H]2C3CCC#CCC[C@H]32)C(C)C)cc1)c1nc(C(=O)N[C@@H](Cc2ccc(N)c(F)c2)CC(C)(C)C(=O)O)cs1)C(C)C. The number of benzene rings is 2. The molecule has 0 radical (unpaired) electrons. The van der Waals surface area contributed by atoms with Crippen molar-refractivity contribution in [2.45, 2.75) is 246 Å². The second-order valence-corrected chi connectivity index (χ2v) is 35.5. The molecule has 0 spiro atoms. The van der Waals surface area contributed by atoms with Crippen LogP contribution in [-0.2, 0) is 84.5 Å². The van der Waals surface area contributed by atoms with E-state index in [2.05, 4.69) is 71.9 Å². The number of aliphatic carboxylic acids is 2. The van der Waals surface area contributed by atoms with E-state index in [1.165, 1.54) is 43.5 Å². The fraction of sp³-hybridized carbons (Fsp3) is 0.670. The minimum absolute atomic E-state index is 0.0220. The molecule has 16 N–H and O–H groups in total. The van der Waals surface area contributed by atoms with E-state index in [1.807, 2.05) is 39.6 Å². The van der Waals surface area contributed by atoms with Gasteiger partial charge >= 0.3 is 36.2 Å². The summed E-state index contributed by atoms with van der Waals surface area (Å²) in [6.07, 6.45) is 5.69. The van der Waals surface area contributed by atoms with Gasteiger partial charge < -0.3 is 113 Å². The largest absolute Gasteiger partial charge is 0.481 e. The number of urea groups is 1. The molecule has 2 fully saturated rings. The average molecular weight is 1850 g/mol. The third kappa shape index (κ3) is 39.3. The second-order valence-electron chi connectivity index (χ2n) is 34.6. The van der Waals surface area contributed by atoms with Gasteiger partial charge in [0.1, 0.15) is 47.3 Å². The molecule has 1 unspecified atom stereocenters. The number of carbonyl (C=O) groups is 13. The van der Waals surface area contributed by atoms with Crippen molar-refractivity contribution in [2.75, 3.05) is 117 Å². The molecule has 1 saturated carbocycles. The molecule has 2 heterocycles. The summed E-state index contributed by atoms with van der Waals surface area (Å²) in [5.41, 5.74) is 10.7. The Kier molecular flexibility index (Phi) is 48.0. The molecule has 37 nitrogen and oxygen atoms in total. The van der Waals surface area contributed by atoms with Crippen LogP contribution in [0.5, 0.6) is 0 Å². The van der Waals surface area contributed by atoms with Crippen LogP contribution < -0.4 is 64.6 Å². The van der Waals surface area contributed by atoms with E-state index in [0.717, 1.165) is 75.7 Å². The number of amides is 12. The number of carboxylic acid groups (broad SMARTS) is 2. The number of piperidine rings is 1. The first-order valence-corrected chi connectivity index (χ1v) is 46.4. The molecule has 3 aromatic rings. The molecule has 1 aromatic heterocycles. The summed E-state index contributed by atoms with van der Waals surface area (Å²) < 4.78 is 54.0. The summed E-state index contributed by atoms with van der Waals surface area (Å²) in [4.78, 5) is 183. The van der Waals surface area contributed by atoms with E-state index in [9.17, 15) is 72.1 Å². The first kappa shape index (κ1) is 108. The van der Waals surface area contributed by atoms with E-state index in [0.29, 0.717) is 81.1 Å². The van der Waals surface area contributed by atoms with Crippen molar-refractivity contribution in [3.05, 3.63) is 75.5 Å². The van der Waals surface area contributed by atoms with E-state index >= 15 is 4.79 Å². The zero-order valence-electron chi connectivity index (χ0n) is 77.0. The molecule has 724 valence electrons. The Morgan fingerprint density at radius 2 is 1.29 bits per heavy atom. The number of ether oxygens (including phenoxy) is 7. The van der Waals surface area contributed by atoms with Gasteiger partial charge in [0, 0.05) is 88.0 Å². The number of likely N-dealkylation sites (tertiary alicyclic amines) is 1. The highest BCUT2D eigenvalue weighted by Gasteiger charge is 2.49. The highest BCUT2D eigenvalue weighted by atomic mass is 32.1. The fourth-order valence-electron chi connectivity index (χ4n) is 15.4. The van der Waals surface area contributed by atoms with Gasteiger partial charge in [-0.15, -0.1) is 23.2 Å². The van der Waals surface area contributed by atoms with Crippen LogP contribution >= 0.6 is 11.3 Å². The summed E-state index contributed by atoms with van der Waals surface area (Å²) in [6, 6.07) is 2.72. The number of hydrogen-bond donors (Lipinski definition) is 14. The molecule has 1 saturated heterocycles. The zero-order valence-corrected chi connectivity index (χ0v) is 77.8. The van der Waals surface area contributed by atoms with Gasteiger partial charge in [-0.2, -0.15) is 0 Å². The molecule has 0 bridgehead atoms. The van der Waals surface area contributed by atoms with Crippen LogP contribution in [0.1, 0.15) is 217 Å². The number of alkyl carbamates (subject to hydrolysis) is 3. The third-order valence-electron chi connectivity index (χ3n) is 23.3. The van der Waals surface area contributed by atoms with Crippen molar-refractivity contribution in [3.8, 4) is 11.8 Å². The molecule has 2 aliphatic carbocycles. The van der Waals surface area contributed by atoms with Gasteiger partial charge in [-0.1, -0.05) is 98.8 Å². The number of nitrogen functional groups attached to an aromatic ring is 1. The number of aromatic nitrogens is 1. The summed E-state index contributed by atoms with van der Waals surface area (Å²) in [5.74, 6) is -0.501. The predicted octanol–water partition coefficient (Wildman–Crippen LogP) is 8.22. The van der Waals surface area contributed by atoms with Gasteiger partial charge in [-0.05, 0) is 163 Å². The number of rotatable bonds is 60. The maximum absolute atomic E-state index is 15.4. The number of carboxylic acids is 2. The number of anilines is 2. The number of hydrogen-bond acceptors (Lipinski definition) is 24. The van der Waals surface area contributed by atoms with Crippen LogP contribution in [0.15, 0.2) is 47.8 Å². The van der Waals surface area contributed by atoms with E-state index in [1.54, 1.807) is 36.9 Å². The Bertz CT molecular complexity index is 4170. The lowest BCUT2D eigenvalue weighted by Gasteiger charge is -2.40. The average Bonchev–Trinajstić information content (AvgIpc) is 1.62. The second kappa shape index (κ2) is 57.6. The van der Waals surface area contributed by atoms with Crippen LogP contribution in [0.25, 0.3) is 0 Å². The van der Waals surface area contributed by atoms with E-state index < -0.39 is 138 Å². The van der Waals surface area contributed by atoms with Gasteiger partial charge in [0.2, 0.25) is 35.4 Å². The first-order valence-electron chi connectivity index (χ1n) is 45.5. The number of carbonyl (C=O) groups excluding carboxylic acids is 11. The Hall–Kier alpha value is -10.5. The molecule has 12 amide bonds. The normalized spacial score (nSPS) is 17.2. The molecule has 3 aliphatic rings. The van der Waals surface area contributed by atoms with Gasteiger partial charge in [0.05, 0.1) is 76.6 Å². The monoisotopic (exact) mass is 1850 g/mol. The number of unbranched alkanes of at least 4 members (excludes halogenated alkanes) is 3. The summed E-state index contributed by atoms with van der Waals surface area (Å²) in [6.45, 7) is 18.9. The molecule has 12 atom stereocenters. The molecule has 6 rings (SSSR count). The lowest BCUT2D eigenvalue weighted by Crippen LogP contribution is -2.59. The van der Waals surface area contributed by atoms with Crippen LogP contribution in [0.3, 0.4) is 0 Å². The smallest absolute Gasteiger partial charge is 0.407 e. The summed E-state index contributed by atoms with van der Waals surface area (Å²) in [5, 5.41) is 48.3. The molecule has 2 aromatic carbocycles. The van der Waals surface area contributed by atoms with Crippen LogP contribution in [0.2, 0.25) is 0 Å². The van der Waals surface area contributed by atoms with Crippen molar-refractivity contribution in [1.29, 1.82) is 0 Å². The summed E-state index contributed by atoms with van der Waals surface area (Å²) in [7, 11) is 1.90. The summed E-state index contributed by atoms with van der Waals surface area (Å²) >= 11 is 1.01. The number of halogens is 1. The molecule has 130 heavy (non-hydrogen) atoms. The Balaban J connectivity index is 1.01. The minimum Gasteiger partial charge on any atom is -0.481 e. The van der Waals surface area contributed by atoms with Gasteiger partial charge in [0.25, 0.3) is 5.91 Å². The number of thiazole rings is 1. The van der Waals surface area contributed by atoms with Crippen molar-refractivity contribution in [3.63, 3.8) is 0 Å². The standard InChI is InChI=1S/C91H140FN15O22S/c1-11-13-14-20-41-107(85(116)78(59(7)12-2)105-82(114)72-26-19-21-40-106(72)10)73(57(3)4)52-74(84-103-71(56-130-84)81(113)100-63(53-91(8,9)86(117)118)50-61-29-32-68(93)67(92)51-61)129-90(122)97-38-37-96-88(120)127-54-60-27-30-62(31-28-60)99-79(111)69(25-22-36-95-87(94)119)102-83(115)77(58(5)6)104-80(112)70(33-34-76(109)110)101-75(108)35-42-123-44-46-125-48-49-126-47-45-124-43-39-98-89(121)128-55-66-64-23-17-15-16-18-24-65(64)66/h27-32,51,56-59,63-66,69-70,72-74,77-78H,11-14,17-26,33-50,52-55,93H2,1-10H3,(H,96,120)(H,97,122)(H,98,121)(H,99,111)(H,100,113)(H,101,108)(H,102,115)(H,104,112)(H,105,114)(H,109,110)(H,117,118)(H3,94,95,119)/t59-,63-,64+,65?,66+,69-,70-,72+,73+,74+,77-,78-/m0/s1. The first-order chi connectivity index (χ1) is 62.1. The van der Waals surface area contributed by atoms with Crippen molar-refractivity contribution >= 4 is 100 Å². The number of fused-ring (bicyclic) bond motifs is 1. The number of nitrogens with one attached hydrogen (secondary N) is 10. The van der Waals surface area contributed by atoms with Gasteiger partial charge in [-0.25, -0.2) is 28.6 Å². The quantitative estimate of drug-likeness (QED) is 0.0109. The third-order valence-corrected chi connectivity index (χ3v) is 24.2. The van der Waals surface area contributed by atoms with Crippen LogP contribution in [0.4, 0.5) is 34.9 Å². The van der Waals surface area contributed by atoms with Crippen LogP contribution in [0, 0.1) is 58.6 Å². The number of likely N-dealkylation sites (N-methyl/N-ethyl adjacent to an activating group) is 1. The van der Waals surface area contributed by atoms with Gasteiger partial charge in [-0.3, -0.25) is 48.1 Å². The fourth-order valence-corrected chi connectivity index (χ4v) is 16.3. The molecule has 1 aliphatic heterocycles. The Labute approximate surface area is 765 Å². The molecular weight excluding hydrogens is 1710 g/mol. The number of nitrogens with zero attached hydrogens (tertiary/aromatic N) is 3. The minimum atomic E-state index is -1.40. The zero-order chi connectivity index (χ0) is 95.2. The molecular formula is C91H140FN15O22S. The maximum atomic E-state index is 15.4. The number of primary amides is 1. The molecule has 39 heteroatoms. The van der Waals surface area contributed by atoms with Crippen molar-refractivity contribution < 1.29 is 110 Å². The van der Waals surface area contributed by atoms with Gasteiger partial charge in [0.15, 0.2) is 6.10 Å². The van der Waals surface area contributed by atoms with Crippen LogP contribution in [-0.4, -0.2) is 251 Å². The van der Waals surface area contributed by atoms with E-state index in [-0.39, 0.29) is 157 Å². The highest BCUT2D eigenvalue weighted by Crippen LogP contribution is 2.52.